The minimum Gasteiger partial charge on any atom is -0.462 e. The first-order chi connectivity index (χ1) is 25.7. The van der Waals surface area contributed by atoms with Gasteiger partial charge in [-0.2, -0.15) is 0 Å². The molecule has 0 aromatic carbocycles. The number of unbranched alkanes of at least 4 members (excludes halogenated alkanes) is 22. The Morgan fingerprint density at radius 2 is 0.981 bits per heavy atom. The van der Waals surface area contributed by atoms with E-state index in [-0.39, 0.29) is 19.4 Å². The van der Waals surface area contributed by atoms with Gasteiger partial charge in [0.2, 0.25) is 0 Å². The first-order valence-corrected chi connectivity index (χ1v) is 22.8. The first-order valence-electron chi connectivity index (χ1n) is 21.3. The molecule has 1 unspecified atom stereocenters. The molecule has 0 heterocycles. The van der Waals surface area contributed by atoms with E-state index in [2.05, 4.69) is 42.7 Å². The second-order valence-electron chi connectivity index (χ2n) is 14.4. The summed E-state index contributed by atoms with van der Waals surface area (Å²) >= 11 is 0. The van der Waals surface area contributed by atoms with Crippen molar-refractivity contribution in [2.75, 3.05) is 26.4 Å². The van der Waals surface area contributed by atoms with Crippen LogP contribution in [0, 0.1) is 0 Å². The Kier molecular flexibility index (Phi) is 37.6. The molecule has 0 rings (SSSR count). The fourth-order valence-corrected chi connectivity index (χ4v) is 6.58. The van der Waals surface area contributed by atoms with Gasteiger partial charge in [-0.25, -0.2) is 4.57 Å². The third-order valence-corrected chi connectivity index (χ3v) is 10.1. The van der Waals surface area contributed by atoms with E-state index < -0.39 is 51.8 Å². The number of rotatable bonds is 40. The molecule has 0 saturated carbocycles. The van der Waals surface area contributed by atoms with E-state index in [1.54, 1.807) is 0 Å². The molecule has 3 atom stereocenters. The third kappa shape index (κ3) is 38.5. The summed E-state index contributed by atoms with van der Waals surface area (Å²) in [4.78, 5) is 34.9. The Hall–Kier alpha value is -1.55. The summed E-state index contributed by atoms with van der Waals surface area (Å²) in [6.07, 6.45) is 37.2. The lowest BCUT2D eigenvalue weighted by molar-refractivity contribution is -0.161. The average molecular weight is 775 g/mol. The predicted molar refractivity (Wildman–Crippen MR) is 215 cm³/mol. The van der Waals surface area contributed by atoms with E-state index in [0.717, 1.165) is 44.9 Å². The molecule has 0 radical (unpaired) electrons. The largest absolute Gasteiger partial charge is 0.472 e. The van der Waals surface area contributed by atoms with E-state index >= 15 is 0 Å². The summed E-state index contributed by atoms with van der Waals surface area (Å²) in [5, 5.41) is 18.3. The van der Waals surface area contributed by atoms with Crippen molar-refractivity contribution in [2.24, 2.45) is 0 Å². The lowest BCUT2D eigenvalue weighted by Crippen LogP contribution is -2.29. The van der Waals surface area contributed by atoms with Crippen LogP contribution in [0.2, 0.25) is 0 Å². The summed E-state index contributed by atoms with van der Waals surface area (Å²) < 4.78 is 32.6. The molecule has 53 heavy (non-hydrogen) atoms. The Balaban J connectivity index is 4.34. The maximum Gasteiger partial charge on any atom is 0.472 e. The number of phosphoric ester groups is 1. The molecule has 312 valence electrons. The number of allylic oxidation sites excluding steroid dienone is 4. The zero-order valence-corrected chi connectivity index (χ0v) is 34.6. The van der Waals surface area contributed by atoms with E-state index in [4.69, 9.17) is 19.1 Å². The topological polar surface area (TPSA) is 149 Å². The van der Waals surface area contributed by atoms with Gasteiger partial charge in [-0.3, -0.25) is 18.6 Å². The van der Waals surface area contributed by atoms with Crippen molar-refractivity contribution in [3.8, 4) is 0 Å². The van der Waals surface area contributed by atoms with Crippen molar-refractivity contribution >= 4 is 19.8 Å². The molecule has 0 aliphatic heterocycles. The molecule has 0 aliphatic carbocycles. The smallest absolute Gasteiger partial charge is 0.462 e. The van der Waals surface area contributed by atoms with Crippen LogP contribution < -0.4 is 0 Å². The second kappa shape index (κ2) is 38.7. The molecule has 0 spiro atoms. The molecule has 0 fully saturated rings. The summed E-state index contributed by atoms with van der Waals surface area (Å²) in [5.74, 6) is -0.956. The molecule has 0 aromatic rings. The predicted octanol–water partition coefficient (Wildman–Crippen LogP) is 11.0. The van der Waals surface area contributed by atoms with Gasteiger partial charge in [-0.05, 0) is 44.9 Å². The number of carbonyl (C=O) groups excluding carboxylic acids is 2. The molecular weight excluding hydrogens is 695 g/mol. The van der Waals surface area contributed by atoms with Crippen LogP contribution >= 0.6 is 7.82 Å². The first kappa shape index (κ1) is 51.5. The zero-order chi connectivity index (χ0) is 39.1. The van der Waals surface area contributed by atoms with Gasteiger partial charge in [0.05, 0.1) is 19.8 Å². The van der Waals surface area contributed by atoms with E-state index in [9.17, 15) is 24.2 Å². The molecule has 0 aliphatic rings. The van der Waals surface area contributed by atoms with Crippen LogP contribution in [0.1, 0.15) is 194 Å². The number of phosphoric acid groups is 1. The van der Waals surface area contributed by atoms with E-state index in [1.807, 2.05) is 0 Å². The van der Waals surface area contributed by atoms with Crippen LogP contribution in [0.5, 0.6) is 0 Å². The number of ether oxygens (including phenoxy) is 2. The van der Waals surface area contributed by atoms with Crippen LogP contribution in [-0.2, 0) is 32.7 Å². The van der Waals surface area contributed by atoms with Crippen LogP contribution in [0.25, 0.3) is 0 Å². The van der Waals surface area contributed by atoms with Crippen molar-refractivity contribution in [1.29, 1.82) is 0 Å². The number of esters is 2. The van der Waals surface area contributed by atoms with E-state index in [0.29, 0.717) is 12.8 Å². The maximum atomic E-state index is 12.6. The van der Waals surface area contributed by atoms with Crippen molar-refractivity contribution < 1.29 is 47.8 Å². The number of hydrogen-bond donors (Lipinski definition) is 3. The Bertz CT molecular complexity index is 941. The molecule has 0 aromatic heterocycles. The summed E-state index contributed by atoms with van der Waals surface area (Å²) in [6.45, 7) is 2.35. The lowest BCUT2D eigenvalue weighted by atomic mass is 10.0. The van der Waals surface area contributed by atoms with Gasteiger partial charge in [0, 0.05) is 12.8 Å². The van der Waals surface area contributed by atoms with Crippen molar-refractivity contribution in [3.05, 3.63) is 24.3 Å². The molecule has 0 amide bonds. The van der Waals surface area contributed by atoms with Crippen molar-refractivity contribution in [2.45, 2.75) is 206 Å². The number of carbonyl (C=O) groups is 2. The lowest BCUT2D eigenvalue weighted by Gasteiger charge is -2.20. The highest BCUT2D eigenvalue weighted by Crippen LogP contribution is 2.43. The summed E-state index contributed by atoms with van der Waals surface area (Å²) in [5.41, 5.74) is 0. The normalized spacial score (nSPS) is 14.1. The fourth-order valence-electron chi connectivity index (χ4n) is 5.79. The SMILES string of the molecule is CCCCCCCC/C=C/C/C=C/CCCCC(=O)OC[C@H](COP(=O)(O)OC[C@@H](O)CO)OC(=O)CCCCCCCCCCCCCCCCC. The standard InChI is InChI=1S/C42H79O10P/c1-3-5-7-9-11-13-15-17-19-21-23-25-27-29-31-33-41(45)49-37-40(38-51-53(47,48)50-36-39(44)35-43)52-42(46)34-32-30-28-26-24-22-20-18-16-14-12-10-8-6-4-2/h17,19,23,25,39-40,43-44H,3-16,18,20-22,24,26-38H2,1-2H3,(H,47,48)/b19-17+,25-23+/t39-,40+/m0/s1. The van der Waals surface area contributed by atoms with Gasteiger partial charge < -0.3 is 24.6 Å². The van der Waals surface area contributed by atoms with Crippen molar-refractivity contribution in [1.82, 2.24) is 0 Å². The molecule has 11 heteroatoms. The zero-order valence-electron chi connectivity index (χ0n) is 33.7. The molecular formula is C42H79O10P. The van der Waals surface area contributed by atoms with Crippen LogP contribution in [0.15, 0.2) is 24.3 Å². The van der Waals surface area contributed by atoms with Gasteiger partial charge in [0.25, 0.3) is 0 Å². The number of aliphatic hydroxyl groups is 2. The van der Waals surface area contributed by atoms with Crippen molar-refractivity contribution in [3.63, 3.8) is 0 Å². The third-order valence-electron chi connectivity index (χ3n) is 9.11. The minimum absolute atomic E-state index is 0.182. The summed E-state index contributed by atoms with van der Waals surface area (Å²) in [6, 6.07) is 0. The molecule has 3 N–H and O–H groups in total. The Morgan fingerprint density at radius 3 is 1.49 bits per heavy atom. The van der Waals surface area contributed by atoms with Gasteiger partial charge in [-0.1, -0.05) is 160 Å². The van der Waals surface area contributed by atoms with Gasteiger partial charge in [-0.15, -0.1) is 0 Å². The second-order valence-corrected chi connectivity index (χ2v) is 15.8. The number of aliphatic hydroxyl groups excluding tert-OH is 2. The summed E-state index contributed by atoms with van der Waals surface area (Å²) in [7, 11) is -4.62. The fraction of sp³-hybridized carbons (Fsp3) is 0.857. The highest BCUT2D eigenvalue weighted by atomic mass is 31.2. The molecule has 10 nitrogen and oxygen atoms in total. The van der Waals surface area contributed by atoms with Gasteiger partial charge in [0.1, 0.15) is 12.7 Å². The highest BCUT2D eigenvalue weighted by molar-refractivity contribution is 7.47. The number of hydrogen-bond acceptors (Lipinski definition) is 9. The van der Waals surface area contributed by atoms with Crippen LogP contribution in [0.3, 0.4) is 0 Å². The van der Waals surface area contributed by atoms with E-state index in [1.165, 1.54) is 109 Å². The average Bonchev–Trinajstić information content (AvgIpc) is 3.14. The quantitative estimate of drug-likeness (QED) is 0.0238. The van der Waals surface area contributed by atoms with Crippen LogP contribution in [-0.4, -0.2) is 65.7 Å². The molecule has 0 bridgehead atoms. The Labute approximate surface area is 323 Å². The maximum absolute atomic E-state index is 12.6. The minimum atomic E-state index is -4.62. The molecule has 0 saturated heterocycles. The Morgan fingerprint density at radius 1 is 0.566 bits per heavy atom. The van der Waals surface area contributed by atoms with Gasteiger partial charge in [0.15, 0.2) is 6.10 Å². The van der Waals surface area contributed by atoms with Crippen LogP contribution in [0.4, 0.5) is 0 Å². The van der Waals surface area contributed by atoms with Gasteiger partial charge >= 0.3 is 19.8 Å². The highest BCUT2D eigenvalue weighted by Gasteiger charge is 2.27. The monoisotopic (exact) mass is 775 g/mol.